The molecule has 3 aromatic rings. The highest BCUT2D eigenvalue weighted by Crippen LogP contribution is 2.37. The molecule has 0 amide bonds. The molecule has 15 heteroatoms. The second kappa shape index (κ2) is 4.76. The first-order valence-corrected chi connectivity index (χ1v) is 5.63. The maximum absolute atomic E-state index is 11.3. The van der Waals surface area contributed by atoms with Crippen LogP contribution in [-0.4, -0.2) is 44.9 Å². The first kappa shape index (κ1) is 13.9. The molecular weight excluding hydrogens is 318 g/mol. The van der Waals surface area contributed by atoms with Gasteiger partial charge in [-0.05, 0) is 4.92 Å². The Morgan fingerprint density at radius 1 is 1.04 bits per heavy atom. The highest BCUT2D eigenvalue weighted by Gasteiger charge is 2.35. The zero-order valence-electron chi connectivity index (χ0n) is 10.7. The van der Waals surface area contributed by atoms with E-state index in [1.807, 2.05) is 0 Å². The van der Waals surface area contributed by atoms with E-state index in [0.29, 0.717) is 4.68 Å². The fourth-order valence-corrected chi connectivity index (χ4v) is 1.93. The van der Waals surface area contributed by atoms with Crippen molar-refractivity contribution in [3.8, 4) is 5.69 Å². The minimum Gasteiger partial charge on any atom is -0.390 e. The summed E-state index contributed by atoms with van der Waals surface area (Å²) < 4.78 is 0.586. The molecule has 1 aromatic carbocycles. The molecule has 23 heavy (non-hydrogen) atoms. The van der Waals surface area contributed by atoms with Gasteiger partial charge in [0.25, 0.3) is 0 Å². The Hall–Kier alpha value is -4.04. The van der Waals surface area contributed by atoms with Gasteiger partial charge in [-0.3, -0.25) is 20.2 Å². The number of fused-ring (bicyclic) bond motifs is 1. The topological polar surface area (TPSA) is 202 Å². The molecule has 0 spiro atoms. The van der Waals surface area contributed by atoms with Crippen LogP contribution in [0.4, 0.5) is 17.3 Å². The second-order valence-corrected chi connectivity index (χ2v) is 4.04. The Morgan fingerprint density at radius 3 is 2.35 bits per heavy atom. The van der Waals surface area contributed by atoms with Gasteiger partial charge < -0.3 is 10.1 Å². The number of H-pyrrole nitrogens is 1. The predicted octanol–water partition coefficient (Wildman–Crippen LogP) is 0.263. The molecule has 116 valence electrons. The number of benzene rings is 1. The molecular formula is C8H3N9O6. The molecule has 0 atom stereocenters. The van der Waals surface area contributed by atoms with Crippen LogP contribution in [0.3, 0.4) is 0 Å². The quantitative estimate of drug-likeness (QED) is 0.512. The van der Waals surface area contributed by atoms with E-state index < -0.39 is 37.8 Å². The van der Waals surface area contributed by atoms with E-state index in [-0.39, 0.29) is 11.0 Å². The van der Waals surface area contributed by atoms with Gasteiger partial charge in [0, 0.05) is 11.2 Å². The molecule has 0 aliphatic carbocycles. The van der Waals surface area contributed by atoms with E-state index in [4.69, 9.17) is 0 Å². The molecule has 15 nitrogen and oxygen atoms in total. The first-order valence-electron chi connectivity index (χ1n) is 5.63. The number of nitrogens with zero attached hydrogens (tertiary/aromatic N) is 8. The maximum atomic E-state index is 11.3. The van der Waals surface area contributed by atoms with Crippen LogP contribution in [0.25, 0.3) is 16.7 Å². The van der Waals surface area contributed by atoms with Crippen LogP contribution in [0.5, 0.6) is 0 Å². The second-order valence-electron chi connectivity index (χ2n) is 4.04. The average Bonchev–Trinajstić information content (AvgIpc) is 3.13. The fraction of sp³-hybridized carbons (Fsp3) is 0. The van der Waals surface area contributed by atoms with Crippen LogP contribution in [0.2, 0.25) is 0 Å². The maximum Gasteiger partial charge on any atom is 0.491 e. The van der Waals surface area contributed by atoms with Crippen LogP contribution in [0, 0.1) is 30.3 Å². The molecule has 0 aliphatic heterocycles. The number of rotatable bonds is 4. The van der Waals surface area contributed by atoms with E-state index in [1.54, 1.807) is 0 Å². The van der Waals surface area contributed by atoms with E-state index in [1.165, 1.54) is 0 Å². The first-order chi connectivity index (χ1) is 10.9. The fourth-order valence-electron chi connectivity index (χ4n) is 1.93. The minimum absolute atomic E-state index is 0.109. The molecule has 0 aliphatic rings. The van der Waals surface area contributed by atoms with Crippen molar-refractivity contribution in [2.75, 3.05) is 0 Å². The average molecular weight is 321 g/mol. The van der Waals surface area contributed by atoms with E-state index in [0.717, 1.165) is 12.4 Å². The summed E-state index contributed by atoms with van der Waals surface area (Å²) in [5, 5.41) is 45.8. The van der Waals surface area contributed by atoms with Gasteiger partial charge in [0.2, 0.25) is 12.0 Å². The molecule has 2 heterocycles. The SMILES string of the molecule is O=[N+]([O-])c1ncn(-c2c([N+](=O)[O-])cc3n[nH]nc3c2[N+](=O)[O-])n1. The van der Waals surface area contributed by atoms with Crippen molar-refractivity contribution >= 4 is 28.4 Å². The summed E-state index contributed by atoms with van der Waals surface area (Å²) in [7, 11) is 0. The lowest BCUT2D eigenvalue weighted by molar-refractivity contribution is -0.395. The summed E-state index contributed by atoms with van der Waals surface area (Å²) in [5.74, 6) is -0.867. The standard InChI is InChI=1S/C8H3N9O6/c18-15(19)4-1-3-5(11-13-10-3)7(16(20)21)6(4)14-2-9-8(12-14)17(22)23/h1-2H,(H,10,11,13). The Morgan fingerprint density at radius 2 is 1.78 bits per heavy atom. The van der Waals surface area contributed by atoms with Gasteiger partial charge in [0.1, 0.15) is 5.52 Å². The number of aromatic nitrogens is 6. The van der Waals surface area contributed by atoms with Gasteiger partial charge in [-0.25, -0.2) is 0 Å². The summed E-state index contributed by atoms with van der Waals surface area (Å²) in [5.41, 5.74) is -2.47. The Kier molecular flexibility index (Phi) is 2.88. The minimum atomic E-state index is -0.942. The van der Waals surface area contributed by atoms with Gasteiger partial charge in [-0.2, -0.15) is 10.3 Å². The van der Waals surface area contributed by atoms with Gasteiger partial charge in [-0.15, -0.1) is 9.78 Å². The van der Waals surface area contributed by atoms with Gasteiger partial charge in [-0.1, -0.05) is 4.98 Å². The van der Waals surface area contributed by atoms with Crippen LogP contribution < -0.4 is 0 Å². The van der Waals surface area contributed by atoms with Crippen molar-refractivity contribution < 1.29 is 14.8 Å². The zero-order chi connectivity index (χ0) is 16.7. The Bertz CT molecular complexity index is 974. The van der Waals surface area contributed by atoms with Crippen molar-refractivity contribution in [3.05, 3.63) is 42.7 Å². The molecule has 0 bridgehead atoms. The summed E-state index contributed by atoms with van der Waals surface area (Å²) in [6.45, 7) is 0. The normalized spacial score (nSPS) is 10.8. The van der Waals surface area contributed by atoms with Crippen molar-refractivity contribution in [2.24, 2.45) is 0 Å². The lowest BCUT2D eigenvalue weighted by atomic mass is 10.2. The summed E-state index contributed by atoms with van der Waals surface area (Å²) in [4.78, 5) is 33.7. The molecule has 0 fully saturated rings. The Labute approximate surface area is 123 Å². The van der Waals surface area contributed by atoms with Crippen LogP contribution in [0.1, 0.15) is 0 Å². The Balaban J connectivity index is 2.42. The molecule has 0 unspecified atom stereocenters. The van der Waals surface area contributed by atoms with Crippen LogP contribution in [0.15, 0.2) is 12.4 Å². The van der Waals surface area contributed by atoms with Crippen molar-refractivity contribution in [1.29, 1.82) is 0 Å². The summed E-state index contributed by atoms with van der Waals surface area (Å²) in [6.07, 6.45) is 0.763. The highest BCUT2D eigenvalue weighted by atomic mass is 16.6. The molecule has 0 radical (unpaired) electrons. The van der Waals surface area contributed by atoms with Crippen LogP contribution in [-0.2, 0) is 0 Å². The van der Waals surface area contributed by atoms with Crippen molar-refractivity contribution in [2.45, 2.75) is 0 Å². The van der Waals surface area contributed by atoms with E-state index >= 15 is 0 Å². The molecule has 3 rings (SSSR count). The molecule has 0 saturated carbocycles. The molecule has 1 N–H and O–H groups in total. The monoisotopic (exact) mass is 321 g/mol. The third-order valence-corrected chi connectivity index (χ3v) is 2.79. The number of nitro benzene ring substituents is 2. The number of nitrogens with one attached hydrogen (secondary N) is 1. The predicted molar refractivity (Wildman–Crippen MR) is 68.8 cm³/mol. The van der Waals surface area contributed by atoms with E-state index in [2.05, 4.69) is 25.5 Å². The largest absolute Gasteiger partial charge is 0.491 e. The van der Waals surface area contributed by atoms with Gasteiger partial charge in [0.05, 0.1) is 9.85 Å². The lowest BCUT2D eigenvalue weighted by Gasteiger charge is -2.01. The number of hydrogen-bond acceptors (Lipinski definition) is 10. The number of hydrogen-bond donors (Lipinski definition) is 1. The van der Waals surface area contributed by atoms with Crippen LogP contribution >= 0.6 is 0 Å². The zero-order valence-corrected chi connectivity index (χ0v) is 10.7. The smallest absolute Gasteiger partial charge is 0.390 e. The van der Waals surface area contributed by atoms with Crippen molar-refractivity contribution in [3.63, 3.8) is 0 Å². The van der Waals surface area contributed by atoms with Crippen molar-refractivity contribution in [1.82, 2.24) is 30.2 Å². The van der Waals surface area contributed by atoms with Gasteiger partial charge in [0.15, 0.2) is 5.52 Å². The molecule has 2 aromatic heterocycles. The third kappa shape index (κ3) is 2.07. The summed E-state index contributed by atoms with van der Waals surface area (Å²) in [6, 6.07) is 0.939. The number of aromatic amines is 1. The lowest BCUT2D eigenvalue weighted by Crippen LogP contribution is -2.06. The highest BCUT2D eigenvalue weighted by molar-refractivity contribution is 5.92. The van der Waals surface area contributed by atoms with Gasteiger partial charge >= 0.3 is 17.3 Å². The third-order valence-electron chi connectivity index (χ3n) is 2.79. The molecule has 0 saturated heterocycles. The van der Waals surface area contributed by atoms with E-state index in [9.17, 15) is 30.3 Å². The summed E-state index contributed by atoms with van der Waals surface area (Å²) >= 11 is 0. The number of nitro groups is 3.